The zero-order chi connectivity index (χ0) is 22.8. The van der Waals surface area contributed by atoms with Gasteiger partial charge >= 0.3 is 36.2 Å². The van der Waals surface area contributed by atoms with Gasteiger partial charge in [-0.05, 0) is 30.3 Å². The third-order valence-corrected chi connectivity index (χ3v) is 4.91. The maximum atomic E-state index is 13.1. The van der Waals surface area contributed by atoms with Gasteiger partial charge in [0, 0.05) is 38.8 Å². The van der Waals surface area contributed by atoms with Crippen LogP contribution in [0.25, 0.3) is 27.3 Å². The van der Waals surface area contributed by atoms with E-state index >= 15 is 0 Å². The molecule has 0 fully saturated rings. The Balaban J connectivity index is 0.00000306. The number of amides is 1. The molecule has 7 nitrogen and oxygen atoms in total. The van der Waals surface area contributed by atoms with Crippen LogP contribution in [0.5, 0.6) is 5.75 Å². The van der Waals surface area contributed by atoms with E-state index in [-0.39, 0.29) is 67.6 Å². The quantitative estimate of drug-likeness (QED) is 0.226. The van der Waals surface area contributed by atoms with Crippen molar-refractivity contribution in [3.05, 3.63) is 63.7 Å². The molecule has 0 bridgehead atoms. The van der Waals surface area contributed by atoms with Gasteiger partial charge in [0.15, 0.2) is 17.7 Å². The number of nitrogens with zero attached hydrogens (tertiary/aromatic N) is 3. The van der Waals surface area contributed by atoms with E-state index in [2.05, 4.69) is 20.0 Å². The van der Waals surface area contributed by atoms with Crippen LogP contribution in [-0.2, 0) is 4.74 Å². The number of carbonyl (C=O) groups excluding carboxylic acids is 1. The zero-order valence-corrected chi connectivity index (χ0v) is 20.7. The minimum Gasteiger partial charge on any atom is -0.620 e. The fourth-order valence-electron chi connectivity index (χ4n) is 3.08. The second-order valence-electron chi connectivity index (χ2n) is 6.32. The minimum atomic E-state index is -3.09. The standard InChI is InChI=1S/C21H13Cl2F2N3O4.Na/c1-30-9-27-10-2-4-15-12(6-10)17-11(3-5-16(19(17)31-15)32-21(24)25)20(29)28-18-13(22)7-26-8-14(18)23;/h2-9,21H,1H3,(H,26,28,29);/q;+1/p-1. The third-order valence-electron chi connectivity index (χ3n) is 4.36. The summed E-state index contributed by atoms with van der Waals surface area (Å²) >= 11 is 12.1. The Morgan fingerprint density at radius 3 is 2.61 bits per heavy atom. The molecule has 0 aliphatic heterocycles. The molecule has 2 aromatic carbocycles. The van der Waals surface area contributed by atoms with Gasteiger partial charge in [0.25, 0.3) is 0 Å². The first-order chi connectivity index (χ1) is 15.4. The summed E-state index contributed by atoms with van der Waals surface area (Å²) in [6.45, 7) is -3.09. The fourth-order valence-corrected chi connectivity index (χ4v) is 3.53. The molecule has 4 rings (SSSR count). The maximum absolute atomic E-state index is 13.1. The fraction of sp³-hybridized carbons (Fsp3) is 0.0952. The van der Waals surface area contributed by atoms with Crippen molar-refractivity contribution < 1.29 is 57.0 Å². The van der Waals surface area contributed by atoms with Crippen LogP contribution in [0.15, 0.2) is 52.1 Å². The number of hydrogen-bond acceptors (Lipinski definition) is 6. The Kier molecular flexibility index (Phi) is 8.14. The van der Waals surface area contributed by atoms with Crippen LogP contribution in [0.4, 0.5) is 20.2 Å². The van der Waals surface area contributed by atoms with Crippen LogP contribution in [0, 0.1) is 0 Å². The van der Waals surface area contributed by atoms with Gasteiger partial charge in [-0.3, -0.25) is 4.98 Å². The summed E-state index contributed by atoms with van der Waals surface area (Å²) in [5.41, 5.74) is 0.874. The third kappa shape index (κ3) is 5.23. The molecule has 164 valence electrons. The first kappa shape index (κ1) is 25.2. The number of alkyl halides is 2. The van der Waals surface area contributed by atoms with E-state index in [4.69, 9.17) is 32.4 Å². The molecule has 0 aliphatic carbocycles. The molecule has 0 unspecified atom stereocenters. The molecule has 4 aromatic rings. The first-order valence-electron chi connectivity index (χ1n) is 8.93. The summed E-state index contributed by atoms with van der Waals surface area (Å²) in [6.07, 6.45) is 3.81. The molecule has 0 saturated carbocycles. The summed E-state index contributed by atoms with van der Waals surface area (Å²) in [5.74, 6) is -0.952. The average molecular weight is 502 g/mol. The Morgan fingerprint density at radius 1 is 1.21 bits per heavy atom. The number of ether oxygens (including phenoxy) is 2. The first-order valence-corrected chi connectivity index (χ1v) is 9.69. The molecule has 0 radical (unpaired) electrons. The summed E-state index contributed by atoms with van der Waals surface area (Å²) in [5, 5.41) is 4.82. The molecule has 0 N–H and O–H groups in total. The predicted molar refractivity (Wildman–Crippen MR) is 117 cm³/mol. The number of carbonyl (C=O) groups is 1. The Hall–Kier alpha value is -2.43. The Morgan fingerprint density at radius 2 is 1.94 bits per heavy atom. The van der Waals surface area contributed by atoms with Gasteiger partial charge in [0.05, 0.1) is 18.7 Å². The van der Waals surface area contributed by atoms with E-state index in [9.17, 15) is 13.6 Å². The molecule has 0 saturated heterocycles. The smallest absolute Gasteiger partial charge is 0.620 e. The number of pyridine rings is 1. The number of aromatic nitrogens is 1. The number of aliphatic imine (C=N–C) groups is 1. The van der Waals surface area contributed by atoms with Crippen molar-refractivity contribution in [2.24, 2.45) is 4.99 Å². The second kappa shape index (κ2) is 10.7. The summed E-state index contributed by atoms with van der Waals surface area (Å²) < 4.78 is 41.0. The molecule has 2 heterocycles. The largest absolute Gasteiger partial charge is 1.00 e. The van der Waals surface area contributed by atoms with Gasteiger partial charge in [-0.2, -0.15) is 8.78 Å². The van der Waals surface area contributed by atoms with E-state index in [0.717, 1.165) is 0 Å². The molecule has 33 heavy (non-hydrogen) atoms. The van der Waals surface area contributed by atoms with E-state index < -0.39 is 12.5 Å². The number of rotatable bonds is 6. The minimum absolute atomic E-state index is 0. The van der Waals surface area contributed by atoms with E-state index in [1.54, 1.807) is 18.2 Å². The normalized spacial score (nSPS) is 11.2. The van der Waals surface area contributed by atoms with Crippen molar-refractivity contribution in [2.75, 3.05) is 7.11 Å². The van der Waals surface area contributed by atoms with Crippen molar-refractivity contribution in [2.45, 2.75) is 6.61 Å². The van der Waals surface area contributed by atoms with Gasteiger partial charge < -0.3 is 24.0 Å². The number of benzene rings is 2. The van der Waals surface area contributed by atoms with Crippen molar-refractivity contribution >= 4 is 68.8 Å². The van der Waals surface area contributed by atoms with Crippen LogP contribution in [-0.4, -0.2) is 31.0 Å². The van der Waals surface area contributed by atoms with Gasteiger partial charge in [0.2, 0.25) is 0 Å². The van der Waals surface area contributed by atoms with Gasteiger partial charge in [-0.25, -0.2) is 4.99 Å². The molecular formula is C21H12Cl2F2N3NaO4. The van der Waals surface area contributed by atoms with Gasteiger partial charge in [-0.1, -0.05) is 28.9 Å². The molecular weight excluding hydrogens is 490 g/mol. The Bertz CT molecular complexity index is 1340. The molecule has 0 aliphatic rings. The number of furan rings is 1. The van der Waals surface area contributed by atoms with Crippen LogP contribution in [0.2, 0.25) is 10.0 Å². The summed E-state index contributed by atoms with van der Waals surface area (Å²) in [7, 11) is 1.44. The molecule has 12 heteroatoms. The second-order valence-corrected chi connectivity index (χ2v) is 7.13. The van der Waals surface area contributed by atoms with Crippen LogP contribution in [0.3, 0.4) is 0 Å². The monoisotopic (exact) mass is 501 g/mol. The Labute approximate surface area is 218 Å². The number of halogens is 4. The van der Waals surface area contributed by atoms with E-state index in [1.165, 1.54) is 38.0 Å². The van der Waals surface area contributed by atoms with E-state index in [1.807, 2.05) is 0 Å². The summed E-state index contributed by atoms with van der Waals surface area (Å²) in [6, 6.07) is 7.36. The number of fused-ring (bicyclic) bond motifs is 3. The van der Waals surface area contributed by atoms with Crippen molar-refractivity contribution in [1.29, 1.82) is 0 Å². The topological polar surface area (TPSA) is 88.0 Å². The van der Waals surface area contributed by atoms with Crippen molar-refractivity contribution in [3.8, 4) is 5.75 Å². The molecule has 2 aromatic heterocycles. The molecule has 1 amide bonds. The van der Waals surface area contributed by atoms with Crippen molar-refractivity contribution in [3.63, 3.8) is 0 Å². The van der Waals surface area contributed by atoms with Gasteiger partial charge in [0.1, 0.15) is 5.58 Å². The summed E-state index contributed by atoms with van der Waals surface area (Å²) in [4.78, 5) is 21.0. The zero-order valence-electron chi connectivity index (χ0n) is 17.2. The van der Waals surface area contributed by atoms with Crippen LogP contribution >= 0.6 is 23.2 Å². The van der Waals surface area contributed by atoms with Crippen molar-refractivity contribution in [1.82, 2.24) is 4.98 Å². The number of methoxy groups -OCH3 is 1. The van der Waals surface area contributed by atoms with Gasteiger partial charge in [-0.15, -0.1) is 0 Å². The van der Waals surface area contributed by atoms with Crippen LogP contribution in [0.1, 0.15) is 10.4 Å². The molecule has 0 atom stereocenters. The number of hydrogen-bond donors (Lipinski definition) is 0. The average Bonchev–Trinajstić information content (AvgIpc) is 3.14. The maximum Gasteiger partial charge on any atom is 1.00 e. The van der Waals surface area contributed by atoms with E-state index in [0.29, 0.717) is 16.7 Å². The SMILES string of the molecule is COC=Nc1ccc2oc3c(OC(F)F)ccc(C(=O)[N-]c4c(Cl)cncc4Cl)c3c2c1.[Na+]. The molecule has 0 spiro atoms. The van der Waals surface area contributed by atoms with Crippen LogP contribution < -0.4 is 34.3 Å². The predicted octanol–water partition coefficient (Wildman–Crippen LogP) is 4.05.